The molecule has 6 nitrogen and oxygen atoms in total. The van der Waals surface area contributed by atoms with Crippen LogP contribution in [0.4, 0.5) is 0 Å². The number of hydrogen-bond acceptors (Lipinski definition) is 6. The summed E-state index contributed by atoms with van der Waals surface area (Å²) >= 11 is 3.35. The minimum absolute atomic E-state index is 0.187. The third kappa shape index (κ3) is 3.02. The van der Waals surface area contributed by atoms with Crippen LogP contribution in [0.2, 0.25) is 0 Å². The Kier molecular flexibility index (Phi) is 4.55. The molecule has 0 amide bonds. The van der Waals surface area contributed by atoms with Gasteiger partial charge in [-0.15, -0.1) is 11.3 Å². The lowest BCUT2D eigenvalue weighted by atomic mass is 9.97. The molecular weight excluding hydrogens is 378 g/mol. The molecule has 0 saturated heterocycles. The fraction of sp³-hybridized carbons (Fsp3) is 0.579. The Morgan fingerprint density at radius 3 is 2.81 bits per heavy atom. The molecule has 1 saturated carbocycles. The second-order valence-electron chi connectivity index (χ2n) is 7.49. The number of thiophene rings is 1. The lowest BCUT2D eigenvalue weighted by Crippen LogP contribution is -2.26. The zero-order valence-corrected chi connectivity index (χ0v) is 17.1. The topological polar surface area (TPSA) is 65.6 Å². The first-order valence-corrected chi connectivity index (χ1v) is 11.5. The van der Waals surface area contributed by atoms with E-state index in [9.17, 15) is 4.79 Å². The average molecular weight is 402 g/mol. The van der Waals surface area contributed by atoms with Gasteiger partial charge in [0.2, 0.25) is 0 Å². The second kappa shape index (κ2) is 7.05. The molecule has 3 aromatic rings. The summed E-state index contributed by atoms with van der Waals surface area (Å²) in [4.78, 5) is 25.2. The van der Waals surface area contributed by atoms with Gasteiger partial charge in [0, 0.05) is 18.0 Å². The zero-order valence-electron chi connectivity index (χ0n) is 15.5. The van der Waals surface area contributed by atoms with Crippen molar-refractivity contribution >= 4 is 33.3 Å². The van der Waals surface area contributed by atoms with Crippen LogP contribution in [0.5, 0.6) is 0 Å². The molecule has 0 unspecified atom stereocenters. The lowest BCUT2D eigenvalue weighted by Gasteiger charge is -2.18. The summed E-state index contributed by atoms with van der Waals surface area (Å²) in [6, 6.07) is 0.288. The largest absolute Gasteiger partial charge is 0.284 e. The molecule has 8 heteroatoms. The van der Waals surface area contributed by atoms with Gasteiger partial charge >= 0.3 is 0 Å². The highest BCUT2D eigenvalue weighted by molar-refractivity contribution is 7.98. The fourth-order valence-corrected chi connectivity index (χ4v) is 6.72. The molecule has 0 spiro atoms. The Bertz CT molecular complexity index is 1040. The van der Waals surface area contributed by atoms with Crippen molar-refractivity contribution in [2.45, 2.75) is 68.3 Å². The number of aryl methyl sites for hydroxylation is 3. The van der Waals surface area contributed by atoms with Crippen LogP contribution in [0, 0.1) is 0 Å². The van der Waals surface area contributed by atoms with Crippen molar-refractivity contribution in [1.29, 1.82) is 0 Å². The van der Waals surface area contributed by atoms with Crippen molar-refractivity contribution < 1.29 is 0 Å². The molecule has 27 heavy (non-hydrogen) atoms. The number of aromatic nitrogens is 5. The predicted molar refractivity (Wildman–Crippen MR) is 109 cm³/mol. The number of thioether (sulfide) groups is 1. The van der Waals surface area contributed by atoms with Gasteiger partial charge < -0.3 is 0 Å². The molecule has 1 fully saturated rings. The number of hydrogen-bond donors (Lipinski definition) is 0. The molecule has 5 rings (SSSR count). The van der Waals surface area contributed by atoms with Crippen molar-refractivity contribution in [3.05, 3.63) is 32.9 Å². The van der Waals surface area contributed by atoms with E-state index in [1.54, 1.807) is 34.1 Å². The van der Waals surface area contributed by atoms with Crippen molar-refractivity contribution in [2.24, 2.45) is 7.05 Å². The molecule has 0 aromatic carbocycles. The van der Waals surface area contributed by atoms with E-state index < -0.39 is 0 Å². The minimum atomic E-state index is 0.187. The first-order valence-electron chi connectivity index (χ1n) is 9.75. The average Bonchev–Trinajstić information content (AvgIpc) is 3.39. The van der Waals surface area contributed by atoms with Crippen molar-refractivity contribution in [1.82, 2.24) is 24.3 Å². The van der Waals surface area contributed by atoms with Gasteiger partial charge in [-0.2, -0.15) is 5.10 Å². The Balaban J connectivity index is 1.62. The fourth-order valence-electron chi connectivity index (χ4n) is 4.37. The van der Waals surface area contributed by atoms with Gasteiger partial charge in [-0.05, 0) is 44.1 Å². The summed E-state index contributed by atoms with van der Waals surface area (Å²) in [7, 11) is 1.90. The maximum atomic E-state index is 13.6. The highest BCUT2D eigenvalue weighted by Gasteiger charge is 2.27. The standard InChI is InChI=1S/C19H23N5OS2/c1-23-15(20-11-21-23)10-26-19-22-17-16(13-8-4-5-9-14(13)27-17)18(25)24(19)12-6-2-3-7-12/h11-12H,2-10H2,1H3. The lowest BCUT2D eigenvalue weighted by molar-refractivity contribution is 0.457. The maximum Gasteiger partial charge on any atom is 0.263 e. The minimum Gasteiger partial charge on any atom is -0.284 e. The smallest absolute Gasteiger partial charge is 0.263 e. The van der Waals surface area contributed by atoms with Crippen LogP contribution in [0.1, 0.15) is 60.8 Å². The van der Waals surface area contributed by atoms with E-state index in [0.29, 0.717) is 5.75 Å². The third-order valence-electron chi connectivity index (χ3n) is 5.81. The van der Waals surface area contributed by atoms with Crippen LogP contribution in [0.25, 0.3) is 10.2 Å². The predicted octanol–water partition coefficient (Wildman–Crippen LogP) is 3.87. The van der Waals surface area contributed by atoms with Gasteiger partial charge in [0.05, 0.1) is 11.1 Å². The monoisotopic (exact) mass is 401 g/mol. The van der Waals surface area contributed by atoms with Gasteiger partial charge in [0.25, 0.3) is 5.56 Å². The Labute approximate surface area is 166 Å². The molecular formula is C19H23N5OS2. The van der Waals surface area contributed by atoms with E-state index in [1.165, 1.54) is 36.1 Å². The normalized spacial score (nSPS) is 17.7. The van der Waals surface area contributed by atoms with Gasteiger partial charge in [-0.3, -0.25) is 14.0 Å². The molecule has 0 aliphatic heterocycles. The summed E-state index contributed by atoms with van der Waals surface area (Å²) < 4.78 is 3.80. The first kappa shape index (κ1) is 17.4. The van der Waals surface area contributed by atoms with E-state index in [0.717, 1.165) is 46.9 Å². The van der Waals surface area contributed by atoms with E-state index in [4.69, 9.17) is 4.98 Å². The first-order chi connectivity index (χ1) is 13.2. The van der Waals surface area contributed by atoms with Crippen molar-refractivity contribution in [2.75, 3.05) is 0 Å². The third-order valence-corrected chi connectivity index (χ3v) is 7.95. The zero-order chi connectivity index (χ0) is 18.4. The molecule has 2 aliphatic rings. The van der Waals surface area contributed by atoms with Gasteiger partial charge in [-0.25, -0.2) is 9.97 Å². The molecule has 142 valence electrons. The summed E-state index contributed by atoms with van der Waals surface area (Å²) in [5.41, 5.74) is 1.47. The van der Waals surface area contributed by atoms with Crippen LogP contribution in [-0.2, 0) is 25.6 Å². The van der Waals surface area contributed by atoms with E-state index in [2.05, 4.69) is 10.1 Å². The van der Waals surface area contributed by atoms with Crippen LogP contribution in [0.15, 0.2) is 16.3 Å². The maximum absolute atomic E-state index is 13.6. The van der Waals surface area contributed by atoms with Crippen LogP contribution in [-0.4, -0.2) is 24.3 Å². The van der Waals surface area contributed by atoms with Gasteiger partial charge in [0.1, 0.15) is 17.0 Å². The molecule has 3 heterocycles. The SMILES string of the molecule is Cn1ncnc1CSc1nc2sc3c(c2c(=O)n1C1CCCC1)CCCC3. The summed E-state index contributed by atoms with van der Waals surface area (Å²) in [5.74, 6) is 1.57. The molecule has 0 radical (unpaired) electrons. The Morgan fingerprint density at radius 2 is 2.04 bits per heavy atom. The highest BCUT2D eigenvalue weighted by Crippen LogP contribution is 2.37. The van der Waals surface area contributed by atoms with E-state index in [-0.39, 0.29) is 11.6 Å². The summed E-state index contributed by atoms with van der Waals surface area (Å²) in [6.07, 6.45) is 10.7. The van der Waals surface area contributed by atoms with Gasteiger partial charge in [0.15, 0.2) is 5.16 Å². The van der Waals surface area contributed by atoms with Crippen molar-refractivity contribution in [3.63, 3.8) is 0 Å². The van der Waals surface area contributed by atoms with E-state index >= 15 is 0 Å². The molecule has 0 atom stereocenters. The molecule has 0 bridgehead atoms. The Hall–Kier alpha value is -1.67. The number of rotatable bonds is 4. The summed E-state index contributed by atoms with van der Waals surface area (Å²) in [6.45, 7) is 0. The quantitative estimate of drug-likeness (QED) is 0.490. The second-order valence-corrected chi connectivity index (χ2v) is 9.51. The van der Waals surface area contributed by atoms with Crippen LogP contribution in [0.3, 0.4) is 0 Å². The van der Waals surface area contributed by atoms with E-state index in [1.807, 2.05) is 11.6 Å². The van der Waals surface area contributed by atoms with Crippen molar-refractivity contribution in [3.8, 4) is 0 Å². The number of nitrogens with zero attached hydrogens (tertiary/aromatic N) is 5. The van der Waals surface area contributed by atoms with Crippen LogP contribution >= 0.6 is 23.1 Å². The summed E-state index contributed by atoms with van der Waals surface area (Å²) in [5, 5.41) is 5.90. The van der Waals surface area contributed by atoms with Crippen LogP contribution < -0.4 is 5.56 Å². The van der Waals surface area contributed by atoms with Gasteiger partial charge in [-0.1, -0.05) is 24.6 Å². The molecule has 2 aliphatic carbocycles. The molecule has 0 N–H and O–H groups in total. The number of fused-ring (bicyclic) bond motifs is 3. The molecule has 3 aromatic heterocycles. The highest BCUT2D eigenvalue weighted by atomic mass is 32.2. The Morgan fingerprint density at radius 1 is 1.22 bits per heavy atom.